The highest BCUT2D eigenvalue weighted by Gasteiger charge is 2.18. The van der Waals surface area contributed by atoms with Gasteiger partial charge in [-0.3, -0.25) is 9.59 Å². The number of rotatable bonds is 4. The second-order valence-corrected chi connectivity index (χ2v) is 4.32. The molecule has 100 valence electrons. The molecule has 0 aliphatic rings. The number of nitrogens with zero attached hydrogens (tertiary/aromatic N) is 2. The lowest BCUT2D eigenvalue weighted by atomic mass is 10.2. The summed E-state index contributed by atoms with van der Waals surface area (Å²) >= 11 is 5.75. The SMILES string of the molecule is COC(=O)C(Cl)CNC(=O)c1cnn2ccccc12. The van der Waals surface area contributed by atoms with E-state index in [1.807, 2.05) is 12.1 Å². The molecule has 6 nitrogen and oxygen atoms in total. The quantitative estimate of drug-likeness (QED) is 0.666. The minimum absolute atomic E-state index is 0.00274. The van der Waals surface area contributed by atoms with Crippen molar-refractivity contribution < 1.29 is 14.3 Å². The Kier molecular flexibility index (Phi) is 4.01. The largest absolute Gasteiger partial charge is 0.468 e. The number of amides is 1. The second-order valence-electron chi connectivity index (χ2n) is 3.79. The van der Waals surface area contributed by atoms with Crippen molar-refractivity contribution in [1.82, 2.24) is 14.9 Å². The maximum absolute atomic E-state index is 12.0. The van der Waals surface area contributed by atoms with Crippen molar-refractivity contribution in [2.75, 3.05) is 13.7 Å². The zero-order valence-electron chi connectivity index (χ0n) is 10.2. The van der Waals surface area contributed by atoms with Crippen molar-refractivity contribution in [1.29, 1.82) is 0 Å². The van der Waals surface area contributed by atoms with Gasteiger partial charge in [-0.15, -0.1) is 11.6 Å². The summed E-state index contributed by atoms with van der Waals surface area (Å²) in [5.74, 6) is -0.919. The van der Waals surface area contributed by atoms with Crippen LogP contribution in [0.15, 0.2) is 30.6 Å². The Hall–Kier alpha value is -2.08. The van der Waals surface area contributed by atoms with Gasteiger partial charge in [0.05, 0.1) is 24.4 Å². The van der Waals surface area contributed by atoms with E-state index in [0.717, 1.165) is 0 Å². The summed E-state index contributed by atoms with van der Waals surface area (Å²) in [5.41, 5.74) is 1.11. The van der Waals surface area contributed by atoms with E-state index in [9.17, 15) is 9.59 Å². The molecule has 0 saturated heterocycles. The summed E-state index contributed by atoms with van der Waals surface area (Å²) in [6, 6.07) is 5.40. The second kappa shape index (κ2) is 5.71. The molecule has 2 rings (SSSR count). The Morgan fingerprint density at radius 2 is 2.32 bits per heavy atom. The Bertz CT molecular complexity index is 611. The standard InChI is InChI=1S/C12H12ClN3O3/c1-19-12(18)9(13)7-14-11(17)8-6-15-16-5-3-2-4-10(8)16/h2-6,9H,7H2,1H3,(H,14,17). The van der Waals surface area contributed by atoms with Crippen LogP contribution in [0.5, 0.6) is 0 Å². The molecular weight excluding hydrogens is 270 g/mol. The fourth-order valence-electron chi connectivity index (χ4n) is 1.60. The van der Waals surface area contributed by atoms with Gasteiger partial charge in [-0.2, -0.15) is 5.10 Å². The lowest BCUT2D eigenvalue weighted by Gasteiger charge is -2.08. The van der Waals surface area contributed by atoms with Gasteiger partial charge < -0.3 is 10.1 Å². The molecule has 0 fully saturated rings. The van der Waals surface area contributed by atoms with E-state index in [1.54, 1.807) is 16.8 Å². The highest BCUT2D eigenvalue weighted by Crippen LogP contribution is 2.09. The first-order valence-electron chi connectivity index (χ1n) is 5.56. The summed E-state index contributed by atoms with van der Waals surface area (Å²) in [6.45, 7) is -0.00274. The summed E-state index contributed by atoms with van der Waals surface area (Å²) in [7, 11) is 1.24. The number of nitrogens with one attached hydrogen (secondary N) is 1. The molecule has 1 N–H and O–H groups in total. The summed E-state index contributed by atoms with van der Waals surface area (Å²) in [6.07, 6.45) is 3.21. The van der Waals surface area contributed by atoms with Crippen LogP contribution < -0.4 is 5.32 Å². The maximum atomic E-state index is 12.0. The van der Waals surface area contributed by atoms with E-state index in [0.29, 0.717) is 11.1 Å². The Labute approximate surface area is 114 Å². The Morgan fingerprint density at radius 1 is 1.53 bits per heavy atom. The number of aromatic nitrogens is 2. The normalized spacial score (nSPS) is 12.1. The van der Waals surface area contributed by atoms with Crippen LogP contribution in [0.3, 0.4) is 0 Å². The summed E-state index contributed by atoms with van der Waals surface area (Å²) in [4.78, 5) is 23.1. The van der Waals surface area contributed by atoms with Gasteiger partial charge in [-0.1, -0.05) is 6.07 Å². The van der Waals surface area contributed by atoms with Crippen molar-refractivity contribution in [3.63, 3.8) is 0 Å². The average molecular weight is 282 g/mol. The minimum Gasteiger partial charge on any atom is -0.468 e. The molecule has 0 spiro atoms. The molecule has 1 unspecified atom stereocenters. The van der Waals surface area contributed by atoms with E-state index in [2.05, 4.69) is 15.2 Å². The van der Waals surface area contributed by atoms with Gasteiger partial charge in [0.25, 0.3) is 5.91 Å². The number of esters is 1. The number of hydrogen-bond donors (Lipinski definition) is 1. The number of carbonyl (C=O) groups is 2. The zero-order chi connectivity index (χ0) is 13.8. The minimum atomic E-state index is -0.907. The van der Waals surface area contributed by atoms with Crippen LogP contribution in [0, 0.1) is 0 Å². The lowest BCUT2D eigenvalue weighted by molar-refractivity contribution is -0.140. The molecule has 0 aromatic carbocycles. The van der Waals surface area contributed by atoms with Crippen LogP contribution in [-0.4, -0.2) is 40.5 Å². The third-order valence-electron chi connectivity index (χ3n) is 2.57. The van der Waals surface area contributed by atoms with E-state index in [-0.39, 0.29) is 12.5 Å². The molecule has 0 saturated carbocycles. The maximum Gasteiger partial charge on any atom is 0.325 e. The first-order valence-corrected chi connectivity index (χ1v) is 5.99. The number of carbonyl (C=O) groups excluding carboxylic acids is 2. The fourth-order valence-corrected chi connectivity index (χ4v) is 1.76. The van der Waals surface area contributed by atoms with Crippen LogP contribution in [0.1, 0.15) is 10.4 Å². The molecule has 1 atom stereocenters. The first kappa shape index (κ1) is 13.4. The molecule has 19 heavy (non-hydrogen) atoms. The molecule has 0 bridgehead atoms. The molecule has 0 radical (unpaired) electrons. The van der Waals surface area contributed by atoms with E-state index >= 15 is 0 Å². The van der Waals surface area contributed by atoms with Gasteiger partial charge in [-0.05, 0) is 12.1 Å². The Morgan fingerprint density at radius 3 is 3.05 bits per heavy atom. The monoisotopic (exact) mass is 281 g/mol. The highest BCUT2D eigenvalue weighted by atomic mass is 35.5. The van der Waals surface area contributed by atoms with Crippen molar-refractivity contribution in [3.05, 3.63) is 36.2 Å². The van der Waals surface area contributed by atoms with Crippen molar-refractivity contribution in [3.8, 4) is 0 Å². The van der Waals surface area contributed by atoms with Crippen molar-refractivity contribution >= 4 is 29.0 Å². The van der Waals surface area contributed by atoms with Crippen LogP contribution in [0.2, 0.25) is 0 Å². The summed E-state index contributed by atoms with van der Waals surface area (Å²) in [5, 5.41) is 5.71. The third kappa shape index (κ3) is 2.85. The van der Waals surface area contributed by atoms with Gasteiger partial charge in [0, 0.05) is 12.7 Å². The number of hydrogen-bond acceptors (Lipinski definition) is 4. The number of ether oxygens (including phenoxy) is 1. The number of methoxy groups -OCH3 is 1. The summed E-state index contributed by atoms with van der Waals surface area (Å²) < 4.78 is 6.06. The zero-order valence-corrected chi connectivity index (χ0v) is 10.9. The first-order chi connectivity index (χ1) is 9.13. The molecular formula is C12H12ClN3O3. The molecule has 0 aliphatic carbocycles. The smallest absolute Gasteiger partial charge is 0.325 e. The van der Waals surface area contributed by atoms with Crippen LogP contribution in [-0.2, 0) is 9.53 Å². The number of pyridine rings is 1. The molecule has 2 heterocycles. The average Bonchev–Trinajstić information content (AvgIpc) is 2.87. The number of alkyl halides is 1. The van der Waals surface area contributed by atoms with Crippen LogP contribution in [0.4, 0.5) is 0 Å². The Balaban J connectivity index is 2.06. The van der Waals surface area contributed by atoms with Gasteiger partial charge in [-0.25, -0.2) is 4.52 Å². The van der Waals surface area contributed by atoms with Crippen molar-refractivity contribution in [2.24, 2.45) is 0 Å². The molecule has 2 aromatic heterocycles. The van der Waals surface area contributed by atoms with Gasteiger partial charge in [0.2, 0.25) is 0 Å². The number of fused-ring (bicyclic) bond motifs is 1. The van der Waals surface area contributed by atoms with Gasteiger partial charge in [0.15, 0.2) is 0 Å². The van der Waals surface area contributed by atoms with Gasteiger partial charge >= 0.3 is 5.97 Å². The van der Waals surface area contributed by atoms with Crippen LogP contribution >= 0.6 is 11.6 Å². The van der Waals surface area contributed by atoms with Gasteiger partial charge in [0.1, 0.15) is 5.38 Å². The predicted molar refractivity (Wildman–Crippen MR) is 69.2 cm³/mol. The predicted octanol–water partition coefficient (Wildman–Crippen LogP) is 0.844. The number of halogens is 1. The topological polar surface area (TPSA) is 72.7 Å². The third-order valence-corrected chi connectivity index (χ3v) is 2.90. The van der Waals surface area contributed by atoms with E-state index in [1.165, 1.54) is 13.3 Å². The van der Waals surface area contributed by atoms with E-state index in [4.69, 9.17) is 11.6 Å². The molecule has 1 amide bonds. The van der Waals surface area contributed by atoms with Crippen molar-refractivity contribution in [2.45, 2.75) is 5.38 Å². The highest BCUT2D eigenvalue weighted by molar-refractivity contribution is 6.30. The molecule has 0 aliphatic heterocycles. The molecule has 2 aromatic rings. The van der Waals surface area contributed by atoms with Crippen LogP contribution in [0.25, 0.3) is 5.52 Å². The van der Waals surface area contributed by atoms with E-state index < -0.39 is 11.3 Å². The molecule has 7 heteroatoms. The fraction of sp³-hybridized carbons (Fsp3) is 0.250. The lowest BCUT2D eigenvalue weighted by Crippen LogP contribution is -2.34.